The molecule has 17 heavy (non-hydrogen) atoms. The molecule has 1 N–H and O–H groups in total. The van der Waals surface area contributed by atoms with Gasteiger partial charge in [-0.05, 0) is 32.6 Å². The third kappa shape index (κ3) is 1.64. The van der Waals surface area contributed by atoms with Crippen molar-refractivity contribution >= 4 is 5.97 Å². The summed E-state index contributed by atoms with van der Waals surface area (Å²) in [5, 5.41) is 7.21. The fourth-order valence-electron chi connectivity index (χ4n) is 2.35. The molecular weight excluding hydrogens is 218 g/mol. The van der Waals surface area contributed by atoms with E-state index in [9.17, 15) is 4.79 Å². The van der Waals surface area contributed by atoms with Gasteiger partial charge in [-0.3, -0.25) is 9.89 Å². The van der Waals surface area contributed by atoms with Crippen LogP contribution in [0.4, 0.5) is 0 Å². The van der Waals surface area contributed by atoms with Gasteiger partial charge in [0.05, 0.1) is 6.61 Å². The van der Waals surface area contributed by atoms with Gasteiger partial charge in [-0.2, -0.15) is 5.10 Å². The lowest BCUT2D eigenvalue weighted by molar-refractivity contribution is -0.154. The van der Waals surface area contributed by atoms with E-state index >= 15 is 0 Å². The van der Waals surface area contributed by atoms with E-state index in [0.29, 0.717) is 18.3 Å². The highest BCUT2D eigenvalue weighted by Crippen LogP contribution is 2.44. The van der Waals surface area contributed by atoms with Crippen LogP contribution < -0.4 is 0 Å². The minimum Gasteiger partial charge on any atom is -0.465 e. The van der Waals surface area contributed by atoms with Crippen LogP contribution in [0, 0.1) is 0 Å². The molecular formula is C12H17N3O2. The summed E-state index contributed by atoms with van der Waals surface area (Å²) in [7, 11) is 0. The Bertz CT molecular complexity index is 433. The molecule has 0 atom stereocenters. The van der Waals surface area contributed by atoms with E-state index < -0.39 is 5.41 Å². The summed E-state index contributed by atoms with van der Waals surface area (Å²) in [5.74, 6) is 1.96. The smallest absolute Gasteiger partial charge is 0.319 e. The van der Waals surface area contributed by atoms with E-state index in [1.807, 2.05) is 6.92 Å². The molecule has 2 saturated carbocycles. The summed E-state index contributed by atoms with van der Waals surface area (Å²) in [6.07, 6.45) is 5.04. The van der Waals surface area contributed by atoms with Gasteiger partial charge >= 0.3 is 5.97 Å². The van der Waals surface area contributed by atoms with Gasteiger partial charge in [-0.25, -0.2) is 4.98 Å². The van der Waals surface area contributed by atoms with Crippen LogP contribution in [0.5, 0.6) is 0 Å². The van der Waals surface area contributed by atoms with Crippen molar-refractivity contribution in [3.8, 4) is 0 Å². The fraction of sp³-hybridized carbons (Fsp3) is 0.750. The first-order chi connectivity index (χ1) is 8.26. The average molecular weight is 235 g/mol. The molecule has 5 heteroatoms. The van der Waals surface area contributed by atoms with Crippen LogP contribution in [0.3, 0.4) is 0 Å². The largest absolute Gasteiger partial charge is 0.465 e. The van der Waals surface area contributed by atoms with Gasteiger partial charge in [0.1, 0.15) is 11.2 Å². The highest BCUT2D eigenvalue weighted by molar-refractivity contribution is 5.83. The molecule has 0 aromatic carbocycles. The van der Waals surface area contributed by atoms with Gasteiger partial charge < -0.3 is 4.74 Å². The van der Waals surface area contributed by atoms with Crippen molar-refractivity contribution in [2.45, 2.75) is 50.4 Å². The summed E-state index contributed by atoms with van der Waals surface area (Å²) in [4.78, 5) is 16.5. The van der Waals surface area contributed by atoms with Crippen molar-refractivity contribution in [3.05, 3.63) is 11.6 Å². The van der Waals surface area contributed by atoms with Gasteiger partial charge in [0, 0.05) is 5.92 Å². The zero-order valence-corrected chi connectivity index (χ0v) is 10.0. The minimum atomic E-state index is -0.556. The van der Waals surface area contributed by atoms with E-state index in [2.05, 4.69) is 15.2 Å². The first-order valence-corrected chi connectivity index (χ1v) is 6.36. The van der Waals surface area contributed by atoms with Crippen LogP contribution in [-0.4, -0.2) is 27.8 Å². The number of aromatic amines is 1. The maximum Gasteiger partial charge on any atom is 0.319 e. The number of carbonyl (C=O) groups excluding carboxylic acids is 1. The van der Waals surface area contributed by atoms with Gasteiger partial charge in [0.2, 0.25) is 0 Å². The molecule has 0 amide bonds. The summed E-state index contributed by atoms with van der Waals surface area (Å²) < 4.78 is 5.16. The van der Waals surface area contributed by atoms with E-state index in [0.717, 1.165) is 25.1 Å². The summed E-state index contributed by atoms with van der Waals surface area (Å²) in [6, 6.07) is 0. The van der Waals surface area contributed by atoms with E-state index in [4.69, 9.17) is 4.74 Å². The third-order valence-corrected chi connectivity index (χ3v) is 3.77. The predicted octanol–water partition coefficient (Wildman–Crippen LogP) is 1.67. The molecule has 0 spiro atoms. The number of hydrogen-bond donors (Lipinski definition) is 1. The van der Waals surface area contributed by atoms with Crippen molar-refractivity contribution in [3.63, 3.8) is 0 Å². The van der Waals surface area contributed by atoms with E-state index in [-0.39, 0.29) is 5.97 Å². The summed E-state index contributed by atoms with van der Waals surface area (Å²) in [5.41, 5.74) is -0.556. The van der Waals surface area contributed by atoms with Crippen LogP contribution in [0.1, 0.15) is 56.6 Å². The first kappa shape index (κ1) is 10.7. The molecule has 1 aromatic heterocycles. The van der Waals surface area contributed by atoms with Crippen molar-refractivity contribution in [1.82, 2.24) is 15.2 Å². The predicted molar refractivity (Wildman–Crippen MR) is 60.5 cm³/mol. The van der Waals surface area contributed by atoms with E-state index in [1.54, 1.807) is 0 Å². The van der Waals surface area contributed by atoms with Gasteiger partial charge in [-0.1, -0.05) is 6.42 Å². The molecule has 3 rings (SSSR count). The summed E-state index contributed by atoms with van der Waals surface area (Å²) >= 11 is 0. The molecule has 1 aromatic rings. The zero-order chi connectivity index (χ0) is 11.9. The second-order valence-corrected chi connectivity index (χ2v) is 4.97. The number of carbonyl (C=O) groups is 1. The lowest BCUT2D eigenvalue weighted by atomic mass is 9.68. The van der Waals surface area contributed by atoms with Crippen LogP contribution in [0.15, 0.2) is 0 Å². The second kappa shape index (κ2) is 3.82. The molecule has 0 saturated heterocycles. The topological polar surface area (TPSA) is 67.9 Å². The third-order valence-electron chi connectivity index (χ3n) is 3.77. The van der Waals surface area contributed by atoms with Gasteiger partial charge in [-0.15, -0.1) is 0 Å². The number of ether oxygens (including phenoxy) is 1. The molecule has 92 valence electrons. The minimum absolute atomic E-state index is 0.160. The van der Waals surface area contributed by atoms with Crippen LogP contribution >= 0.6 is 0 Å². The van der Waals surface area contributed by atoms with E-state index in [1.165, 1.54) is 12.8 Å². The van der Waals surface area contributed by atoms with Crippen LogP contribution in [-0.2, 0) is 14.9 Å². The average Bonchev–Trinajstić information content (AvgIpc) is 2.98. The molecule has 0 aliphatic heterocycles. The molecule has 2 fully saturated rings. The normalized spacial score (nSPS) is 21.9. The monoisotopic (exact) mass is 235 g/mol. The standard InChI is InChI=1S/C12H17N3O2/c1-2-17-11(16)12(6-3-7-12)10-13-9(14-15-10)8-4-5-8/h8H,2-7H2,1H3,(H,13,14,15). The SMILES string of the molecule is CCOC(=O)C1(c2n[nH]c(C3CC3)n2)CCC1. The quantitative estimate of drug-likeness (QED) is 0.806. The molecule has 2 aliphatic carbocycles. The Hall–Kier alpha value is -1.39. The Morgan fingerprint density at radius 3 is 2.82 bits per heavy atom. The van der Waals surface area contributed by atoms with Crippen molar-refractivity contribution in [2.24, 2.45) is 0 Å². The van der Waals surface area contributed by atoms with Crippen molar-refractivity contribution in [1.29, 1.82) is 0 Å². The van der Waals surface area contributed by atoms with Gasteiger partial charge in [0.25, 0.3) is 0 Å². The summed E-state index contributed by atoms with van der Waals surface area (Å²) in [6.45, 7) is 2.25. The first-order valence-electron chi connectivity index (χ1n) is 6.36. The Balaban J connectivity index is 1.85. The molecule has 0 radical (unpaired) electrons. The zero-order valence-electron chi connectivity index (χ0n) is 10.0. The number of aromatic nitrogens is 3. The molecule has 1 heterocycles. The number of H-pyrrole nitrogens is 1. The highest BCUT2D eigenvalue weighted by atomic mass is 16.5. The number of nitrogens with zero attached hydrogens (tertiary/aromatic N) is 2. The number of nitrogens with one attached hydrogen (secondary N) is 1. The Morgan fingerprint density at radius 1 is 1.53 bits per heavy atom. The maximum absolute atomic E-state index is 12.0. The molecule has 0 unspecified atom stereocenters. The van der Waals surface area contributed by atoms with Gasteiger partial charge in [0.15, 0.2) is 5.82 Å². The Labute approximate surface area is 100.0 Å². The van der Waals surface area contributed by atoms with Crippen molar-refractivity contribution < 1.29 is 9.53 Å². The Morgan fingerprint density at radius 2 is 2.29 bits per heavy atom. The molecule has 5 nitrogen and oxygen atoms in total. The number of esters is 1. The molecule has 2 aliphatic rings. The maximum atomic E-state index is 12.0. The number of hydrogen-bond acceptors (Lipinski definition) is 4. The highest BCUT2D eigenvalue weighted by Gasteiger charge is 2.50. The molecule has 0 bridgehead atoms. The van der Waals surface area contributed by atoms with Crippen LogP contribution in [0.2, 0.25) is 0 Å². The lowest BCUT2D eigenvalue weighted by Gasteiger charge is -2.36. The lowest BCUT2D eigenvalue weighted by Crippen LogP contribution is -2.44. The Kier molecular flexibility index (Phi) is 2.42. The number of rotatable bonds is 4. The fourth-order valence-corrected chi connectivity index (χ4v) is 2.35. The second-order valence-electron chi connectivity index (χ2n) is 4.97. The van der Waals surface area contributed by atoms with Crippen molar-refractivity contribution in [2.75, 3.05) is 6.61 Å². The van der Waals surface area contributed by atoms with Crippen LogP contribution in [0.25, 0.3) is 0 Å².